The number of carbonyl (C=O) groups excluding carboxylic acids is 1. The maximum Gasteiger partial charge on any atom is 0.264 e. The third kappa shape index (κ3) is 7.93. The normalized spacial score (nSPS) is 32.8. The Morgan fingerprint density at radius 1 is 0.980 bits per heavy atom. The quantitative estimate of drug-likeness (QED) is 0.369. The van der Waals surface area contributed by atoms with E-state index < -0.39 is 21.2 Å². The first-order valence-electron chi connectivity index (χ1n) is 18.1. The van der Waals surface area contributed by atoms with Crippen LogP contribution in [0.25, 0.3) is 0 Å². The van der Waals surface area contributed by atoms with Crippen molar-refractivity contribution in [1.82, 2.24) is 9.62 Å². The number of likely N-dealkylation sites (N-methyl/N-ethyl adjacent to an activating group) is 1. The Labute approximate surface area is 298 Å². The van der Waals surface area contributed by atoms with Gasteiger partial charge < -0.3 is 24.0 Å². The summed E-state index contributed by atoms with van der Waals surface area (Å²) < 4.78 is 49.0. The van der Waals surface area contributed by atoms with E-state index in [1.165, 1.54) is 5.56 Å². The summed E-state index contributed by atoms with van der Waals surface area (Å²) in [5.41, 5.74) is 3.18. The molecule has 0 spiro atoms. The van der Waals surface area contributed by atoms with E-state index in [-0.39, 0.29) is 23.7 Å². The smallest absolute Gasteiger partial charge is 0.264 e. The number of hydrogen-bond donors (Lipinski definition) is 1. The zero-order valence-electron chi connectivity index (χ0n) is 29.8. The van der Waals surface area contributed by atoms with Gasteiger partial charge in [0.2, 0.25) is 10.0 Å². The molecule has 0 unspecified atom stereocenters. The minimum atomic E-state index is -3.92. The molecule has 2 fully saturated rings. The standard InChI is InChI=1S/C38H54ClN3O6S/c1-25-9-8-17-38(3,37-47-23-32(24-48-37)41(4)5)33-15-12-29(33)21-42-18-7-6-10-27-19-31(39)14-11-30(27)22-46-35-16-13-28(20-34(35)42)36(43)40-49(44,45)26(25)2/h11,13-14,16,19-20,25-26,29,32-33,37H,6-10,12,15,17-18,21-24H2,1-5H3,(H,40,43)/t25-,26+,29-,32?,33+,37?,38+/m0/s1. The molecule has 3 aliphatic heterocycles. The largest absolute Gasteiger partial charge is 0.487 e. The molecule has 49 heavy (non-hydrogen) atoms. The van der Waals surface area contributed by atoms with E-state index in [1.807, 2.05) is 37.3 Å². The number of ether oxygens (including phenoxy) is 3. The molecule has 0 radical (unpaired) electrons. The van der Waals surface area contributed by atoms with E-state index in [1.54, 1.807) is 13.0 Å². The van der Waals surface area contributed by atoms with Gasteiger partial charge in [-0.2, -0.15) is 0 Å². The summed E-state index contributed by atoms with van der Waals surface area (Å²) in [4.78, 5) is 18.1. The number of fused-ring (bicyclic) bond motifs is 3. The molecular formula is C38H54ClN3O6S. The Morgan fingerprint density at radius 2 is 1.76 bits per heavy atom. The summed E-state index contributed by atoms with van der Waals surface area (Å²) in [5.74, 6) is 0.704. The number of rotatable bonds is 2. The Kier molecular flexibility index (Phi) is 11.2. The molecule has 4 aliphatic rings. The molecule has 1 saturated heterocycles. The molecule has 3 heterocycles. The van der Waals surface area contributed by atoms with Crippen molar-refractivity contribution in [2.24, 2.45) is 23.2 Å². The second-order valence-electron chi connectivity index (χ2n) is 15.4. The van der Waals surface area contributed by atoms with Crippen LogP contribution in [0.2, 0.25) is 5.02 Å². The highest BCUT2D eigenvalue weighted by Crippen LogP contribution is 2.53. The monoisotopic (exact) mass is 715 g/mol. The van der Waals surface area contributed by atoms with Crippen LogP contribution in [0.5, 0.6) is 5.75 Å². The van der Waals surface area contributed by atoms with Gasteiger partial charge in [-0.05, 0) is 125 Å². The van der Waals surface area contributed by atoms with Crippen molar-refractivity contribution >= 4 is 33.2 Å². The molecule has 5 atom stereocenters. The molecule has 11 heteroatoms. The molecule has 270 valence electrons. The van der Waals surface area contributed by atoms with Crippen molar-refractivity contribution in [3.63, 3.8) is 0 Å². The molecule has 9 nitrogen and oxygen atoms in total. The van der Waals surface area contributed by atoms with Crippen LogP contribution in [0.15, 0.2) is 36.4 Å². The molecule has 1 saturated carbocycles. The number of anilines is 1. The van der Waals surface area contributed by atoms with Gasteiger partial charge in [-0.3, -0.25) is 4.79 Å². The van der Waals surface area contributed by atoms with Gasteiger partial charge in [0.15, 0.2) is 6.29 Å². The van der Waals surface area contributed by atoms with Crippen LogP contribution in [0.1, 0.15) is 87.2 Å². The first kappa shape index (κ1) is 36.4. The molecule has 2 bridgehead atoms. The van der Waals surface area contributed by atoms with Crippen molar-refractivity contribution in [1.29, 1.82) is 0 Å². The number of sulfonamides is 1. The maximum absolute atomic E-state index is 13.6. The summed E-state index contributed by atoms with van der Waals surface area (Å²) in [6, 6.07) is 11.5. The van der Waals surface area contributed by atoms with Crippen LogP contribution in [0.3, 0.4) is 0 Å². The van der Waals surface area contributed by atoms with Crippen molar-refractivity contribution in [3.8, 4) is 5.75 Å². The lowest BCUT2D eigenvalue weighted by molar-refractivity contribution is -0.272. The van der Waals surface area contributed by atoms with E-state index in [4.69, 9.17) is 25.8 Å². The van der Waals surface area contributed by atoms with Gasteiger partial charge in [0.05, 0.1) is 30.2 Å². The fraction of sp³-hybridized carbons (Fsp3) is 0.658. The number of hydrogen-bond acceptors (Lipinski definition) is 8. The predicted octanol–water partition coefficient (Wildman–Crippen LogP) is 6.67. The SMILES string of the molecule is C[C@@H]1[C@@H](C)CCC[C@@](C)(C2OCC(N(C)C)CO2)[C@@H]2CC[C@H]2CN2CCCCc3cc(Cl)ccc3COc3ccc(cc32)C(=O)NS1(=O)=O. The van der Waals surface area contributed by atoms with Crippen LogP contribution in [-0.2, 0) is 32.5 Å². The van der Waals surface area contributed by atoms with Crippen molar-refractivity contribution in [3.05, 3.63) is 58.1 Å². The van der Waals surface area contributed by atoms with E-state index in [2.05, 4.69) is 35.5 Å². The topological polar surface area (TPSA) is 97.4 Å². The minimum absolute atomic E-state index is 0.139. The highest BCUT2D eigenvalue weighted by Gasteiger charge is 2.51. The van der Waals surface area contributed by atoms with E-state index in [0.717, 1.165) is 80.7 Å². The van der Waals surface area contributed by atoms with Crippen molar-refractivity contribution in [2.45, 2.75) is 96.3 Å². The van der Waals surface area contributed by atoms with Gasteiger partial charge in [0.1, 0.15) is 12.4 Å². The fourth-order valence-corrected chi connectivity index (χ4v) is 9.80. The molecule has 6 rings (SSSR count). The second kappa shape index (κ2) is 15.1. The average Bonchev–Trinajstić information content (AvgIpc) is 3.08. The molecule has 2 aromatic rings. The Morgan fingerprint density at radius 3 is 2.47 bits per heavy atom. The van der Waals surface area contributed by atoms with Gasteiger partial charge in [-0.1, -0.05) is 37.9 Å². The Bertz CT molecular complexity index is 1600. The molecule has 1 N–H and O–H groups in total. The van der Waals surface area contributed by atoms with Crippen molar-refractivity contribution < 1.29 is 27.4 Å². The van der Waals surface area contributed by atoms with Crippen LogP contribution < -0.4 is 14.4 Å². The van der Waals surface area contributed by atoms with Gasteiger partial charge in [-0.15, -0.1) is 0 Å². The second-order valence-corrected chi connectivity index (χ2v) is 17.9. The zero-order valence-corrected chi connectivity index (χ0v) is 31.3. The van der Waals surface area contributed by atoms with Gasteiger partial charge >= 0.3 is 0 Å². The summed E-state index contributed by atoms with van der Waals surface area (Å²) in [5, 5.41) is -0.0139. The van der Waals surface area contributed by atoms with Crippen molar-refractivity contribution in [2.75, 3.05) is 45.3 Å². The lowest BCUT2D eigenvalue weighted by Gasteiger charge is -2.54. The maximum atomic E-state index is 13.6. The predicted molar refractivity (Wildman–Crippen MR) is 194 cm³/mol. The molecule has 0 aromatic heterocycles. The number of aryl methyl sites for hydroxylation is 1. The number of amides is 1. The first-order chi connectivity index (χ1) is 23.4. The number of carbonyl (C=O) groups is 1. The highest BCUT2D eigenvalue weighted by atomic mass is 35.5. The number of nitrogens with one attached hydrogen (secondary N) is 1. The van der Waals surface area contributed by atoms with Crippen LogP contribution in [-0.4, -0.2) is 77.2 Å². The van der Waals surface area contributed by atoms with Gasteiger partial charge in [0, 0.05) is 29.1 Å². The molecule has 2 aromatic carbocycles. The summed E-state index contributed by atoms with van der Waals surface area (Å²) in [6.45, 7) is 9.23. The van der Waals surface area contributed by atoms with E-state index in [0.29, 0.717) is 43.0 Å². The number of benzene rings is 2. The summed E-state index contributed by atoms with van der Waals surface area (Å²) in [7, 11) is 0.200. The van der Waals surface area contributed by atoms with Gasteiger partial charge in [-0.25, -0.2) is 13.1 Å². The highest BCUT2D eigenvalue weighted by molar-refractivity contribution is 7.90. The Hall–Kier alpha value is -2.37. The molecule has 1 aliphatic carbocycles. The fourth-order valence-electron chi connectivity index (χ4n) is 8.30. The molecular weight excluding hydrogens is 662 g/mol. The van der Waals surface area contributed by atoms with Gasteiger partial charge in [0.25, 0.3) is 5.91 Å². The summed E-state index contributed by atoms with van der Waals surface area (Å²) >= 11 is 6.38. The zero-order chi connectivity index (χ0) is 34.9. The molecule has 1 amide bonds. The third-order valence-corrected chi connectivity index (χ3v) is 14.2. The number of nitrogens with zero attached hydrogens (tertiary/aromatic N) is 2. The average molecular weight is 716 g/mol. The van der Waals surface area contributed by atoms with Crippen LogP contribution >= 0.6 is 11.6 Å². The summed E-state index contributed by atoms with van der Waals surface area (Å²) in [6.07, 6.45) is 7.16. The minimum Gasteiger partial charge on any atom is -0.487 e. The van der Waals surface area contributed by atoms with E-state index in [9.17, 15) is 13.2 Å². The van der Waals surface area contributed by atoms with E-state index >= 15 is 0 Å². The number of halogens is 1. The van der Waals surface area contributed by atoms with Crippen LogP contribution in [0, 0.1) is 23.2 Å². The lowest BCUT2D eigenvalue weighted by Crippen LogP contribution is -2.55. The lowest BCUT2D eigenvalue weighted by atomic mass is 9.57. The first-order valence-corrected chi connectivity index (χ1v) is 20.0. The third-order valence-electron chi connectivity index (χ3n) is 12.0. The Balaban J connectivity index is 1.37. The van der Waals surface area contributed by atoms with Crippen LogP contribution in [0.4, 0.5) is 5.69 Å².